The fourth-order valence-electron chi connectivity index (χ4n) is 3.15. The molecule has 1 saturated heterocycles. The van der Waals surface area contributed by atoms with Gasteiger partial charge in [0.2, 0.25) is 6.79 Å². The van der Waals surface area contributed by atoms with Crippen molar-refractivity contribution in [1.82, 2.24) is 9.80 Å². The second kappa shape index (κ2) is 7.48. The van der Waals surface area contributed by atoms with Gasteiger partial charge in [-0.05, 0) is 35.9 Å². The predicted octanol–water partition coefficient (Wildman–Crippen LogP) is 1.90. The summed E-state index contributed by atoms with van der Waals surface area (Å²) in [5.41, 5.74) is 0.713. The van der Waals surface area contributed by atoms with Gasteiger partial charge in [-0.25, -0.2) is 0 Å². The zero-order valence-electron chi connectivity index (χ0n) is 15.0. The Labute approximate surface area is 161 Å². The lowest BCUT2D eigenvalue weighted by Crippen LogP contribution is -2.50. The molecular formula is C20H17N3O5. The molecule has 142 valence electrons. The van der Waals surface area contributed by atoms with E-state index in [0.717, 1.165) is 0 Å². The Morgan fingerprint density at radius 2 is 1.79 bits per heavy atom. The molecule has 0 saturated carbocycles. The number of fused-ring (bicyclic) bond motifs is 1. The smallest absolute Gasteiger partial charge is 0.289 e. The summed E-state index contributed by atoms with van der Waals surface area (Å²) in [7, 11) is 0. The second-order valence-electron chi connectivity index (χ2n) is 6.34. The minimum absolute atomic E-state index is 0.0321. The van der Waals surface area contributed by atoms with Gasteiger partial charge >= 0.3 is 0 Å². The molecule has 0 N–H and O–H groups in total. The largest absolute Gasteiger partial charge is 0.459 e. The number of carbonyl (C=O) groups is 2. The zero-order valence-corrected chi connectivity index (χ0v) is 15.0. The third-order valence-corrected chi connectivity index (χ3v) is 4.64. The van der Waals surface area contributed by atoms with Crippen LogP contribution in [0.1, 0.15) is 16.1 Å². The van der Waals surface area contributed by atoms with Crippen molar-refractivity contribution in [2.45, 2.75) is 0 Å². The Bertz CT molecular complexity index is 966. The molecule has 2 aliphatic heterocycles. The first-order chi connectivity index (χ1) is 13.7. The molecule has 2 amide bonds. The first kappa shape index (κ1) is 17.7. The van der Waals surface area contributed by atoms with Crippen LogP contribution in [0.4, 0.5) is 0 Å². The number of carbonyl (C=O) groups excluding carboxylic acids is 2. The molecule has 0 atom stereocenters. The molecule has 1 aromatic carbocycles. The quantitative estimate of drug-likeness (QED) is 0.597. The average Bonchev–Trinajstić information content (AvgIpc) is 3.42. The highest BCUT2D eigenvalue weighted by Crippen LogP contribution is 2.33. The molecule has 0 bridgehead atoms. The maximum absolute atomic E-state index is 12.7. The first-order valence-electron chi connectivity index (χ1n) is 8.79. The van der Waals surface area contributed by atoms with Gasteiger partial charge in [0.1, 0.15) is 11.6 Å². The van der Waals surface area contributed by atoms with Crippen molar-refractivity contribution >= 4 is 17.9 Å². The number of furan rings is 1. The summed E-state index contributed by atoms with van der Waals surface area (Å²) >= 11 is 0. The molecular weight excluding hydrogens is 362 g/mol. The van der Waals surface area contributed by atoms with E-state index in [9.17, 15) is 14.9 Å². The predicted molar refractivity (Wildman–Crippen MR) is 97.3 cm³/mol. The van der Waals surface area contributed by atoms with Crippen molar-refractivity contribution < 1.29 is 23.5 Å². The van der Waals surface area contributed by atoms with Crippen LogP contribution in [-0.4, -0.2) is 54.6 Å². The molecule has 4 rings (SSSR count). The SMILES string of the molecule is N#CC(=Cc1ccc2c(c1)OCO2)C(=O)N1CCN(C(=O)c2ccco2)CC1. The summed E-state index contributed by atoms with van der Waals surface area (Å²) in [4.78, 5) is 28.2. The lowest BCUT2D eigenvalue weighted by Gasteiger charge is -2.34. The number of nitrogens with zero attached hydrogens (tertiary/aromatic N) is 3. The number of piperazine rings is 1. The monoisotopic (exact) mass is 379 g/mol. The van der Waals surface area contributed by atoms with E-state index in [4.69, 9.17) is 13.9 Å². The zero-order chi connectivity index (χ0) is 19.5. The Morgan fingerprint density at radius 3 is 2.50 bits per heavy atom. The van der Waals surface area contributed by atoms with E-state index < -0.39 is 0 Å². The van der Waals surface area contributed by atoms with E-state index >= 15 is 0 Å². The molecule has 28 heavy (non-hydrogen) atoms. The summed E-state index contributed by atoms with van der Waals surface area (Å²) in [6.07, 6.45) is 2.98. The minimum Gasteiger partial charge on any atom is -0.459 e. The lowest BCUT2D eigenvalue weighted by atomic mass is 10.1. The van der Waals surface area contributed by atoms with Gasteiger partial charge in [0.25, 0.3) is 11.8 Å². The summed E-state index contributed by atoms with van der Waals surface area (Å²) in [6, 6.07) is 10.5. The fourth-order valence-corrected chi connectivity index (χ4v) is 3.15. The van der Waals surface area contributed by atoms with Crippen molar-refractivity contribution in [2.24, 2.45) is 0 Å². The van der Waals surface area contributed by atoms with E-state index in [-0.39, 0.29) is 29.9 Å². The maximum Gasteiger partial charge on any atom is 0.289 e. The van der Waals surface area contributed by atoms with Gasteiger partial charge in [-0.2, -0.15) is 5.26 Å². The molecule has 0 radical (unpaired) electrons. The van der Waals surface area contributed by atoms with Crippen molar-refractivity contribution in [2.75, 3.05) is 33.0 Å². The Kier molecular flexibility index (Phi) is 4.72. The van der Waals surface area contributed by atoms with Gasteiger partial charge in [0, 0.05) is 26.2 Å². The van der Waals surface area contributed by atoms with Crippen LogP contribution in [0.2, 0.25) is 0 Å². The Balaban J connectivity index is 1.42. The third-order valence-electron chi connectivity index (χ3n) is 4.64. The van der Waals surface area contributed by atoms with E-state index in [1.165, 1.54) is 12.3 Å². The molecule has 0 aliphatic carbocycles. The van der Waals surface area contributed by atoms with Gasteiger partial charge in [0.05, 0.1) is 6.26 Å². The van der Waals surface area contributed by atoms with Gasteiger partial charge in [-0.15, -0.1) is 0 Å². The molecule has 1 aromatic heterocycles. The van der Waals surface area contributed by atoms with Gasteiger partial charge < -0.3 is 23.7 Å². The molecule has 1 fully saturated rings. The Morgan fingerprint density at radius 1 is 1.04 bits per heavy atom. The van der Waals surface area contributed by atoms with E-state index in [1.54, 1.807) is 40.1 Å². The van der Waals surface area contributed by atoms with Crippen molar-refractivity contribution in [3.05, 3.63) is 53.5 Å². The molecule has 8 nitrogen and oxygen atoms in total. The second-order valence-corrected chi connectivity index (χ2v) is 6.34. The number of benzene rings is 1. The molecule has 8 heteroatoms. The standard InChI is InChI=1S/C20H17N3O5/c21-12-15(10-14-3-4-16-18(11-14)28-13-27-16)19(24)22-5-7-23(8-6-22)20(25)17-2-1-9-26-17/h1-4,9-11H,5-8,13H2. The van der Waals surface area contributed by atoms with Crippen molar-refractivity contribution in [3.8, 4) is 17.6 Å². The van der Waals surface area contributed by atoms with Gasteiger partial charge in [-0.3, -0.25) is 9.59 Å². The normalized spacial score (nSPS) is 16.0. The van der Waals surface area contributed by atoms with Crippen LogP contribution in [0.25, 0.3) is 6.08 Å². The summed E-state index contributed by atoms with van der Waals surface area (Å²) in [5.74, 6) is 0.946. The van der Waals surface area contributed by atoms with Crippen LogP contribution in [0.15, 0.2) is 46.6 Å². The van der Waals surface area contributed by atoms with Crippen molar-refractivity contribution in [1.29, 1.82) is 5.26 Å². The third kappa shape index (κ3) is 3.42. The molecule has 0 spiro atoms. The molecule has 0 unspecified atom stereocenters. The summed E-state index contributed by atoms with van der Waals surface area (Å²) in [6.45, 7) is 1.63. The number of nitriles is 1. The molecule has 2 aliphatic rings. The van der Waals surface area contributed by atoms with E-state index in [0.29, 0.717) is 43.2 Å². The maximum atomic E-state index is 12.7. The van der Waals surface area contributed by atoms with Gasteiger partial charge in [0.15, 0.2) is 17.3 Å². The topological polar surface area (TPSA) is 96.0 Å². The number of hydrogen-bond acceptors (Lipinski definition) is 6. The average molecular weight is 379 g/mol. The van der Waals surface area contributed by atoms with Gasteiger partial charge in [-0.1, -0.05) is 6.07 Å². The summed E-state index contributed by atoms with van der Waals surface area (Å²) in [5, 5.41) is 9.45. The lowest BCUT2D eigenvalue weighted by molar-refractivity contribution is -0.128. The Hall–Kier alpha value is -3.73. The number of amides is 2. The van der Waals surface area contributed by atoms with E-state index in [1.807, 2.05) is 6.07 Å². The van der Waals surface area contributed by atoms with Crippen LogP contribution in [0, 0.1) is 11.3 Å². The van der Waals surface area contributed by atoms with Crippen LogP contribution in [0.3, 0.4) is 0 Å². The van der Waals surface area contributed by atoms with Crippen LogP contribution in [0.5, 0.6) is 11.5 Å². The van der Waals surface area contributed by atoms with Crippen LogP contribution in [-0.2, 0) is 4.79 Å². The van der Waals surface area contributed by atoms with Crippen molar-refractivity contribution in [3.63, 3.8) is 0 Å². The highest BCUT2D eigenvalue weighted by Gasteiger charge is 2.27. The first-order valence-corrected chi connectivity index (χ1v) is 8.79. The van der Waals surface area contributed by atoms with Crippen LogP contribution >= 0.6 is 0 Å². The fraction of sp³-hybridized carbons (Fsp3) is 0.250. The van der Waals surface area contributed by atoms with Crippen LogP contribution < -0.4 is 9.47 Å². The summed E-state index contributed by atoms with van der Waals surface area (Å²) < 4.78 is 15.7. The minimum atomic E-state index is -0.356. The molecule has 3 heterocycles. The number of rotatable bonds is 3. The van der Waals surface area contributed by atoms with E-state index in [2.05, 4.69) is 0 Å². The number of ether oxygens (including phenoxy) is 2. The highest BCUT2D eigenvalue weighted by atomic mass is 16.7. The molecule has 2 aromatic rings. The number of hydrogen-bond donors (Lipinski definition) is 0. The highest BCUT2D eigenvalue weighted by molar-refractivity contribution is 6.02.